The van der Waals surface area contributed by atoms with Crippen LogP contribution in [-0.2, 0) is 4.79 Å². The predicted octanol–water partition coefficient (Wildman–Crippen LogP) is 4.90. The van der Waals surface area contributed by atoms with Crippen molar-refractivity contribution in [3.63, 3.8) is 0 Å². The van der Waals surface area contributed by atoms with E-state index in [-0.39, 0.29) is 5.91 Å². The van der Waals surface area contributed by atoms with Crippen molar-refractivity contribution in [2.24, 2.45) is 0 Å². The maximum Gasteiger partial charge on any atom is 0.285 e. The van der Waals surface area contributed by atoms with Crippen molar-refractivity contribution in [2.45, 2.75) is 13.8 Å². The summed E-state index contributed by atoms with van der Waals surface area (Å²) in [6.07, 6.45) is 1.75. The Hall–Kier alpha value is -2.57. The number of thiocarbonyl (C=S) groups is 1. The smallest absolute Gasteiger partial charge is 0.285 e. The van der Waals surface area contributed by atoms with Crippen molar-refractivity contribution in [1.82, 2.24) is 4.68 Å². The number of carbonyl (C=O) groups is 1. The number of carbonyl (C=O) groups excluding carboxylic acids is 1. The summed E-state index contributed by atoms with van der Waals surface area (Å²) in [5.41, 5.74) is 2.92. The zero-order chi connectivity index (χ0) is 18.3. The normalized spacial score (nSPS) is 16.1. The number of hydrogen-bond donors (Lipinski definition) is 0. The number of benzene rings is 1. The molecule has 2 aromatic heterocycles. The first kappa shape index (κ1) is 16.9. The molecule has 1 saturated heterocycles. The van der Waals surface area contributed by atoms with Gasteiger partial charge in [-0.3, -0.25) is 9.47 Å². The zero-order valence-electron chi connectivity index (χ0n) is 14.3. The van der Waals surface area contributed by atoms with Gasteiger partial charge in [0.15, 0.2) is 4.32 Å². The fourth-order valence-corrected chi connectivity index (χ4v) is 4.15. The number of nitrogens with zero attached hydrogens (tertiary/aromatic N) is 2. The molecule has 0 radical (unpaired) electrons. The number of aryl methyl sites for hydroxylation is 2. The van der Waals surface area contributed by atoms with E-state index < -0.39 is 0 Å². The minimum atomic E-state index is -0.139. The van der Waals surface area contributed by atoms with Gasteiger partial charge in [0.05, 0.1) is 4.91 Å². The van der Waals surface area contributed by atoms with E-state index in [0.717, 1.165) is 22.7 Å². The number of aromatic nitrogens is 1. The summed E-state index contributed by atoms with van der Waals surface area (Å²) in [6, 6.07) is 17.6. The fraction of sp³-hybridized carbons (Fsp3) is 0.100. The Morgan fingerprint density at radius 1 is 1.00 bits per heavy atom. The van der Waals surface area contributed by atoms with Crippen LogP contribution in [0.3, 0.4) is 0 Å². The van der Waals surface area contributed by atoms with Gasteiger partial charge in [0.25, 0.3) is 5.91 Å². The van der Waals surface area contributed by atoms with Gasteiger partial charge in [0, 0.05) is 23.0 Å². The number of thioether (sulfide) groups is 1. The maximum absolute atomic E-state index is 12.9. The van der Waals surface area contributed by atoms with Crippen LogP contribution < -0.4 is 5.01 Å². The van der Waals surface area contributed by atoms with Gasteiger partial charge < -0.3 is 4.42 Å². The van der Waals surface area contributed by atoms with Crippen molar-refractivity contribution in [2.75, 3.05) is 5.01 Å². The van der Waals surface area contributed by atoms with Crippen molar-refractivity contribution >= 4 is 40.3 Å². The van der Waals surface area contributed by atoms with Crippen LogP contribution in [0.25, 0.3) is 17.4 Å². The SMILES string of the molecule is Cc1ccc(C)n1N1C(=O)/C(=C/c2ccc(-c3ccccc3)o2)SC1=S. The summed E-state index contributed by atoms with van der Waals surface area (Å²) in [7, 11) is 0. The second-order valence-electron chi connectivity index (χ2n) is 5.99. The molecule has 4 rings (SSSR count). The molecule has 0 N–H and O–H groups in total. The van der Waals surface area contributed by atoms with Crippen LogP contribution in [0.5, 0.6) is 0 Å². The Kier molecular flexibility index (Phi) is 4.30. The van der Waals surface area contributed by atoms with Crippen molar-refractivity contribution in [3.8, 4) is 11.3 Å². The highest BCUT2D eigenvalue weighted by Crippen LogP contribution is 2.33. The molecular formula is C20H16N2O2S2. The third-order valence-electron chi connectivity index (χ3n) is 4.17. The molecule has 1 aliphatic rings. The van der Waals surface area contributed by atoms with Crippen molar-refractivity contribution in [3.05, 3.63) is 76.7 Å². The summed E-state index contributed by atoms with van der Waals surface area (Å²) in [5, 5.41) is 1.54. The largest absolute Gasteiger partial charge is 0.457 e. The molecule has 0 atom stereocenters. The summed E-state index contributed by atoms with van der Waals surface area (Å²) < 4.78 is 8.23. The molecule has 130 valence electrons. The van der Waals surface area contributed by atoms with Crippen LogP contribution in [0.2, 0.25) is 0 Å². The van der Waals surface area contributed by atoms with Crippen LogP contribution in [0.15, 0.2) is 63.9 Å². The molecule has 0 unspecified atom stereocenters. The second kappa shape index (κ2) is 6.63. The van der Waals surface area contributed by atoms with E-state index in [1.165, 1.54) is 16.8 Å². The fourth-order valence-electron chi connectivity index (χ4n) is 2.93. The first-order chi connectivity index (χ1) is 12.5. The quantitative estimate of drug-likeness (QED) is 0.478. The molecule has 0 bridgehead atoms. The van der Waals surface area contributed by atoms with Gasteiger partial charge in [-0.15, -0.1) is 0 Å². The molecule has 1 amide bonds. The number of furan rings is 1. The molecule has 4 nitrogen and oxygen atoms in total. The summed E-state index contributed by atoms with van der Waals surface area (Å²) >= 11 is 6.72. The van der Waals surface area contributed by atoms with Crippen LogP contribution >= 0.6 is 24.0 Å². The Morgan fingerprint density at radius 3 is 2.38 bits per heavy atom. The standard InChI is InChI=1S/C20H16N2O2S2/c1-13-8-9-14(2)21(13)22-19(23)18(26-20(22)25)12-16-10-11-17(24-16)15-6-4-3-5-7-15/h3-12H,1-2H3/b18-12-. The molecular weight excluding hydrogens is 364 g/mol. The average Bonchev–Trinajstić information content (AvgIpc) is 3.30. The van der Waals surface area contributed by atoms with E-state index >= 15 is 0 Å². The number of hydrogen-bond acceptors (Lipinski definition) is 4. The summed E-state index contributed by atoms with van der Waals surface area (Å²) in [4.78, 5) is 13.4. The lowest BCUT2D eigenvalue weighted by atomic mass is 10.2. The minimum absolute atomic E-state index is 0.139. The Labute approximate surface area is 161 Å². The Morgan fingerprint density at radius 2 is 1.69 bits per heavy atom. The maximum atomic E-state index is 12.9. The molecule has 0 spiro atoms. The third kappa shape index (κ3) is 2.91. The lowest BCUT2D eigenvalue weighted by molar-refractivity contribution is -0.114. The molecule has 0 saturated carbocycles. The van der Waals surface area contributed by atoms with Gasteiger partial charge in [-0.2, -0.15) is 5.01 Å². The van der Waals surface area contributed by atoms with E-state index in [0.29, 0.717) is 15.0 Å². The lowest BCUT2D eigenvalue weighted by Gasteiger charge is -2.20. The van der Waals surface area contributed by atoms with Gasteiger partial charge in [0.2, 0.25) is 0 Å². The monoisotopic (exact) mass is 380 g/mol. The molecule has 1 aliphatic heterocycles. The van der Waals surface area contributed by atoms with Crippen LogP contribution in [0, 0.1) is 13.8 Å². The highest BCUT2D eigenvalue weighted by molar-refractivity contribution is 8.27. The van der Waals surface area contributed by atoms with Gasteiger partial charge in [0.1, 0.15) is 11.5 Å². The number of rotatable bonds is 3. The molecule has 1 fully saturated rings. The highest BCUT2D eigenvalue weighted by atomic mass is 32.2. The zero-order valence-corrected chi connectivity index (χ0v) is 15.9. The number of amides is 1. The van der Waals surface area contributed by atoms with E-state index in [4.69, 9.17) is 16.6 Å². The van der Waals surface area contributed by atoms with E-state index in [2.05, 4.69) is 0 Å². The first-order valence-corrected chi connectivity index (χ1v) is 9.35. The van der Waals surface area contributed by atoms with Gasteiger partial charge in [-0.05, 0) is 50.3 Å². The summed E-state index contributed by atoms with van der Waals surface area (Å²) in [6.45, 7) is 3.90. The lowest BCUT2D eigenvalue weighted by Crippen LogP contribution is -2.39. The Bertz CT molecular complexity index is 1010. The van der Waals surface area contributed by atoms with E-state index in [1.807, 2.05) is 73.1 Å². The van der Waals surface area contributed by atoms with E-state index in [9.17, 15) is 4.79 Å². The van der Waals surface area contributed by atoms with Crippen molar-refractivity contribution in [1.29, 1.82) is 0 Å². The minimum Gasteiger partial charge on any atom is -0.457 e. The molecule has 1 aromatic carbocycles. The first-order valence-electron chi connectivity index (χ1n) is 8.13. The Balaban J connectivity index is 1.64. The van der Waals surface area contributed by atoms with Crippen molar-refractivity contribution < 1.29 is 9.21 Å². The van der Waals surface area contributed by atoms with Crippen LogP contribution in [-0.4, -0.2) is 14.9 Å². The van der Waals surface area contributed by atoms with Crippen LogP contribution in [0.4, 0.5) is 0 Å². The van der Waals surface area contributed by atoms with E-state index in [1.54, 1.807) is 6.08 Å². The summed E-state index contributed by atoms with van der Waals surface area (Å²) in [5.74, 6) is 1.26. The molecule has 0 aliphatic carbocycles. The average molecular weight is 380 g/mol. The van der Waals surface area contributed by atoms with Crippen LogP contribution in [0.1, 0.15) is 17.1 Å². The molecule has 3 aromatic rings. The highest BCUT2D eigenvalue weighted by Gasteiger charge is 2.35. The van der Waals surface area contributed by atoms with Gasteiger partial charge >= 0.3 is 0 Å². The predicted molar refractivity (Wildman–Crippen MR) is 109 cm³/mol. The van der Waals surface area contributed by atoms with Gasteiger partial charge in [-0.1, -0.05) is 42.1 Å². The second-order valence-corrected chi connectivity index (χ2v) is 7.67. The topological polar surface area (TPSA) is 38.4 Å². The molecule has 26 heavy (non-hydrogen) atoms. The molecule has 6 heteroatoms. The molecule has 3 heterocycles. The third-order valence-corrected chi connectivity index (χ3v) is 5.45. The van der Waals surface area contributed by atoms with Gasteiger partial charge in [-0.25, -0.2) is 0 Å².